The predicted molar refractivity (Wildman–Crippen MR) is 55.8 cm³/mol. The highest BCUT2D eigenvalue weighted by atomic mass is 19.3. The Hall–Kier alpha value is -2.25. The summed E-state index contributed by atoms with van der Waals surface area (Å²) in [6.45, 7) is -0.870. The second-order valence-corrected chi connectivity index (χ2v) is 3.10. The van der Waals surface area contributed by atoms with Gasteiger partial charge in [0.05, 0.1) is 11.5 Å². The van der Waals surface area contributed by atoms with Gasteiger partial charge in [0, 0.05) is 0 Å². The number of benzene rings is 1. The number of rotatable bonds is 4. The molecule has 0 aromatic heterocycles. The fourth-order valence-corrected chi connectivity index (χ4v) is 1.21. The smallest absolute Gasteiger partial charge is 0.304 e. The van der Waals surface area contributed by atoms with Gasteiger partial charge in [-0.1, -0.05) is 6.07 Å². The fourth-order valence-electron chi connectivity index (χ4n) is 1.21. The molecular weight excluding hydrogens is 236 g/mol. The van der Waals surface area contributed by atoms with Crippen LogP contribution in [0, 0.1) is 10.1 Å². The van der Waals surface area contributed by atoms with E-state index < -0.39 is 29.5 Å². The summed E-state index contributed by atoms with van der Waals surface area (Å²) in [7, 11) is 0. The van der Waals surface area contributed by atoms with Crippen LogP contribution in [0.15, 0.2) is 18.2 Å². The molecule has 0 atom stereocenters. The highest BCUT2D eigenvalue weighted by molar-refractivity contribution is 6.00. The third-order valence-electron chi connectivity index (χ3n) is 1.91. The number of nitrogens with two attached hydrogens (primary N) is 1. The molecule has 0 spiro atoms. The van der Waals surface area contributed by atoms with Gasteiger partial charge in [0.15, 0.2) is 0 Å². The minimum atomic E-state index is -2.72. The molecule has 1 rings (SSSR count). The molecule has 1 amide bonds. The molecule has 0 heterocycles. The lowest BCUT2D eigenvalue weighted by Gasteiger charge is -2.06. The van der Waals surface area contributed by atoms with Gasteiger partial charge in [-0.3, -0.25) is 14.9 Å². The molecule has 0 aliphatic heterocycles. The second-order valence-electron chi connectivity index (χ2n) is 3.10. The molecule has 0 aliphatic carbocycles. The summed E-state index contributed by atoms with van der Waals surface area (Å²) in [5.41, 5.74) is 4.23. The summed E-state index contributed by atoms with van der Waals surface area (Å²) >= 11 is 0. The van der Waals surface area contributed by atoms with E-state index in [2.05, 4.69) is 0 Å². The van der Waals surface area contributed by atoms with E-state index in [-0.39, 0.29) is 11.3 Å². The van der Waals surface area contributed by atoms with Gasteiger partial charge in [0.25, 0.3) is 12.3 Å². The highest BCUT2D eigenvalue weighted by Gasteiger charge is 2.23. The molecule has 17 heavy (non-hydrogen) atoms. The molecule has 3 N–H and O–H groups in total. The second kappa shape index (κ2) is 5.19. The fraction of sp³-hybridized carbons (Fsp3) is 0.222. The van der Waals surface area contributed by atoms with Gasteiger partial charge in [-0.05, 0) is 12.1 Å². The number of hydrogen-bond acceptors (Lipinski definition) is 4. The molecule has 92 valence electrons. The number of halogens is 2. The lowest BCUT2D eigenvalue weighted by Crippen LogP contribution is -2.29. The summed E-state index contributed by atoms with van der Waals surface area (Å²) in [4.78, 5) is 21.3. The number of hydrogen-bond donors (Lipinski definition) is 2. The van der Waals surface area contributed by atoms with Crippen LogP contribution in [0.3, 0.4) is 0 Å². The number of anilines is 1. The Kier molecular flexibility index (Phi) is 3.91. The first-order valence-corrected chi connectivity index (χ1v) is 4.52. The minimum absolute atomic E-state index is 0.195. The van der Waals surface area contributed by atoms with Crippen LogP contribution in [-0.2, 0) is 0 Å². The maximum absolute atomic E-state index is 11.9. The summed E-state index contributed by atoms with van der Waals surface area (Å²) in [5.74, 6) is -0.954. The van der Waals surface area contributed by atoms with Crippen molar-refractivity contribution in [1.29, 1.82) is 0 Å². The molecule has 0 unspecified atom stereocenters. The number of alkyl halides is 2. The Bertz CT molecular complexity index is 451. The van der Waals surface area contributed by atoms with Crippen molar-refractivity contribution in [2.75, 3.05) is 12.3 Å². The van der Waals surface area contributed by atoms with Gasteiger partial charge in [0.2, 0.25) is 0 Å². The van der Waals surface area contributed by atoms with Gasteiger partial charge >= 0.3 is 5.69 Å². The summed E-state index contributed by atoms with van der Waals surface area (Å²) in [5, 5.41) is 12.6. The molecule has 0 bridgehead atoms. The van der Waals surface area contributed by atoms with E-state index in [1.807, 2.05) is 5.32 Å². The predicted octanol–water partition coefficient (Wildman–Crippen LogP) is 1.17. The van der Waals surface area contributed by atoms with Crippen LogP contribution in [0.5, 0.6) is 0 Å². The quantitative estimate of drug-likeness (QED) is 0.472. The van der Waals surface area contributed by atoms with E-state index in [4.69, 9.17) is 5.73 Å². The molecule has 8 heteroatoms. The molecule has 0 aliphatic rings. The van der Waals surface area contributed by atoms with Crippen LogP contribution in [0.1, 0.15) is 10.4 Å². The first-order valence-electron chi connectivity index (χ1n) is 4.52. The van der Waals surface area contributed by atoms with Gasteiger partial charge in [0.1, 0.15) is 11.3 Å². The van der Waals surface area contributed by atoms with E-state index in [0.29, 0.717) is 0 Å². The van der Waals surface area contributed by atoms with Crippen molar-refractivity contribution in [3.05, 3.63) is 33.9 Å². The molecule has 1 aromatic carbocycles. The van der Waals surface area contributed by atoms with Gasteiger partial charge in [-0.25, -0.2) is 8.78 Å². The van der Waals surface area contributed by atoms with E-state index in [9.17, 15) is 23.7 Å². The van der Waals surface area contributed by atoms with Crippen molar-refractivity contribution in [2.45, 2.75) is 6.43 Å². The normalized spacial score (nSPS) is 10.3. The Morgan fingerprint density at radius 1 is 1.53 bits per heavy atom. The molecule has 0 saturated heterocycles. The van der Waals surface area contributed by atoms with Crippen molar-refractivity contribution >= 4 is 17.3 Å². The molecular formula is C9H9F2N3O3. The van der Waals surface area contributed by atoms with Crippen LogP contribution in [0.25, 0.3) is 0 Å². The number of carbonyl (C=O) groups is 1. The van der Waals surface area contributed by atoms with Crippen molar-refractivity contribution in [2.24, 2.45) is 0 Å². The first kappa shape index (κ1) is 12.8. The average molecular weight is 245 g/mol. The minimum Gasteiger partial charge on any atom is -0.393 e. The average Bonchev–Trinajstić information content (AvgIpc) is 2.24. The zero-order chi connectivity index (χ0) is 13.0. The Morgan fingerprint density at radius 2 is 2.18 bits per heavy atom. The number of para-hydroxylation sites is 1. The zero-order valence-corrected chi connectivity index (χ0v) is 8.52. The number of carbonyl (C=O) groups excluding carboxylic acids is 1. The van der Waals surface area contributed by atoms with E-state index >= 15 is 0 Å². The largest absolute Gasteiger partial charge is 0.393 e. The van der Waals surface area contributed by atoms with E-state index in [0.717, 1.165) is 6.07 Å². The number of amides is 1. The highest BCUT2D eigenvalue weighted by Crippen LogP contribution is 2.25. The maximum Gasteiger partial charge on any atom is 0.304 e. The van der Waals surface area contributed by atoms with E-state index in [1.165, 1.54) is 12.1 Å². The summed E-state index contributed by atoms with van der Waals surface area (Å²) in [6.07, 6.45) is -2.72. The number of nitrogen functional groups attached to an aromatic ring is 1. The maximum atomic E-state index is 11.9. The first-order chi connectivity index (χ1) is 7.93. The molecule has 6 nitrogen and oxygen atoms in total. The van der Waals surface area contributed by atoms with Crippen molar-refractivity contribution < 1.29 is 18.5 Å². The van der Waals surface area contributed by atoms with Crippen molar-refractivity contribution in [3.63, 3.8) is 0 Å². The molecule has 0 saturated carbocycles. The molecule has 1 aromatic rings. The lowest BCUT2D eigenvalue weighted by atomic mass is 10.1. The van der Waals surface area contributed by atoms with Gasteiger partial charge < -0.3 is 11.1 Å². The SMILES string of the molecule is Nc1cccc(C(=O)NCC(F)F)c1[N+](=O)[O-]. The van der Waals surface area contributed by atoms with E-state index in [1.54, 1.807) is 0 Å². The number of nitro benzene ring substituents is 1. The van der Waals surface area contributed by atoms with Crippen LogP contribution in [0.2, 0.25) is 0 Å². The Labute approximate surface area is 94.6 Å². The number of nitrogens with one attached hydrogen (secondary N) is 1. The van der Waals surface area contributed by atoms with Gasteiger partial charge in [-0.2, -0.15) is 0 Å². The van der Waals surface area contributed by atoms with Crippen LogP contribution >= 0.6 is 0 Å². The topological polar surface area (TPSA) is 98.3 Å². The molecule has 0 radical (unpaired) electrons. The number of nitrogens with zero attached hydrogens (tertiary/aromatic N) is 1. The van der Waals surface area contributed by atoms with Crippen LogP contribution in [0.4, 0.5) is 20.2 Å². The van der Waals surface area contributed by atoms with Crippen LogP contribution in [-0.4, -0.2) is 23.8 Å². The standard InChI is InChI=1S/C9H9F2N3O3/c10-7(11)4-13-9(15)5-2-1-3-6(12)8(5)14(16)17/h1-3,7H,4,12H2,(H,13,15). The summed E-state index contributed by atoms with van der Waals surface area (Å²) in [6, 6.07) is 3.73. The Balaban J connectivity index is 3.01. The number of nitro groups is 1. The third-order valence-corrected chi connectivity index (χ3v) is 1.91. The third kappa shape index (κ3) is 3.10. The van der Waals surface area contributed by atoms with Crippen molar-refractivity contribution in [1.82, 2.24) is 5.32 Å². The van der Waals surface area contributed by atoms with Gasteiger partial charge in [-0.15, -0.1) is 0 Å². The lowest BCUT2D eigenvalue weighted by molar-refractivity contribution is -0.384. The monoisotopic (exact) mass is 245 g/mol. The Morgan fingerprint density at radius 3 is 2.71 bits per heavy atom. The van der Waals surface area contributed by atoms with Crippen molar-refractivity contribution in [3.8, 4) is 0 Å². The summed E-state index contributed by atoms with van der Waals surface area (Å²) < 4.78 is 23.8. The zero-order valence-electron chi connectivity index (χ0n) is 8.52. The molecule has 0 fully saturated rings. The van der Waals surface area contributed by atoms with Crippen LogP contribution < -0.4 is 11.1 Å².